The minimum atomic E-state index is -3.12. The molecule has 1 rings (SSSR count). The number of rotatable bonds is 7. The van der Waals surface area contributed by atoms with Crippen molar-refractivity contribution in [3.8, 4) is 0 Å². The van der Waals surface area contributed by atoms with Crippen LogP contribution in [0.3, 0.4) is 0 Å². The molecule has 0 aromatic carbocycles. The highest BCUT2D eigenvalue weighted by Crippen LogP contribution is 2.36. The number of hydrogen-bond acceptors (Lipinski definition) is 3. The second-order valence-corrected chi connectivity index (χ2v) is 6.88. The molecule has 0 aromatic heterocycles. The van der Waals surface area contributed by atoms with Crippen molar-refractivity contribution < 1.29 is 17.2 Å². The van der Waals surface area contributed by atoms with Crippen LogP contribution >= 0.6 is 0 Å². The molecule has 0 spiro atoms. The average Bonchev–Trinajstić information content (AvgIpc) is 2.20. The van der Waals surface area contributed by atoms with Crippen LogP contribution in [0.5, 0.6) is 0 Å². The van der Waals surface area contributed by atoms with Crippen LogP contribution in [0.2, 0.25) is 0 Å². The third-order valence-corrected chi connectivity index (χ3v) is 3.80. The first-order chi connectivity index (χ1) is 8.29. The standard InChI is InChI=1S/C11H22F2N2O2S/c1-18(16,17)15-7-3-6-14-9-10-4-2-5-11(12,13)8-10/h10,14-15H,2-9H2,1H3. The van der Waals surface area contributed by atoms with Crippen LogP contribution < -0.4 is 10.0 Å². The zero-order valence-electron chi connectivity index (χ0n) is 10.7. The van der Waals surface area contributed by atoms with Gasteiger partial charge >= 0.3 is 0 Å². The molecule has 1 atom stereocenters. The van der Waals surface area contributed by atoms with E-state index in [1.165, 1.54) is 0 Å². The summed E-state index contributed by atoms with van der Waals surface area (Å²) >= 11 is 0. The van der Waals surface area contributed by atoms with E-state index in [1.54, 1.807) is 0 Å². The van der Waals surface area contributed by atoms with Gasteiger partial charge in [0.15, 0.2) is 0 Å². The van der Waals surface area contributed by atoms with Gasteiger partial charge in [0.25, 0.3) is 0 Å². The third kappa shape index (κ3) is 7.23. The van der Waals surface area contributed by atoms with Crippen LogP contribution in [0, 0.1) is 5.92 Å². The van der Waals surface area contributed by atoms with Crippen molar-refractivity contribution in [1.82, 2.24) is 10.0 Å². The molecule has 1 aliphatic carbocycles. The van der Waals surface area contributed by atoms with E-state index in [-0.39, 0.29) is 18.8 Å². The summed E-state index contributed by atoms with van der Waals surface area (Å²) in [5.41, 5.74) is 0. The number of alkyl halides is 2. The molecule has 7 heteroatoms. The van der Waals surface area contributed by atoms with Crippen LogP contribution in [0.4, 0.5) is 8.78 Å². The number of sulfonamides is 1. The van der Waals surface area contributed by atoms with Gasteiger partial charge in [-0.1, -0.05) is 0 Å². The topological polar surface area (TPSA) is 58.2 Å². The minimum absolute atomic E-state index is 0.0157. The fourth-order valence-electron chi connectivity index (χ4n) is 2.23. The van der Waals surface area contributed by atoms with E-state index in [4.69, 9.17) is 0 Å². The molecule has 2 N–H and O–H groups in total. The monoisotopic (exact) mass is 284 g/mol. The molecule has 0 aromatic rings. The van der Waals surface area contributed by atoms with E-state index < -0.39 is 15.9 Å². The number of nitrogens with one attached hydrogen (secondary N) is 2. The second-order valence-electron chi connectivity index (χ2n) is 5.04. The number of halogens is 2. The van der Waals surface area contributed by atoms with Crippen molar-refractivity contribution in [1.29, 1.82) is 0 Å². The van der Waals surface area contributed by atoms with Crippen molar-refractivity contribution in [2.45, 2.75) is 38.0 Å². The quantitative estimate of drug-likeness (QED) is 0.694. The smallest absolute Gasteiger partial charge is 0.248 e. The van der Waals surface area contributed by atoms with E-state index in [2.05, 4.69) is 10.0 Å². The molecule has 0 radical (unpaired) electrons. The van der Waals surface area contributed by atoms with Crippen molar-refractivity contribution in [3.05, 3.63) is 0 Å². The molecule has 4 nitrogen and oxygen atoms in total. The highest BCUT2D eigenvalue weighted by Gasteiger charge is 2.35. The predicted octanol–water partition coefficient (Wildman–Crippen LogP) is 1.34. The normalized spacial score (nSPS) is 24.1. The highest BCUT2D eigenvalue weighted by molar-refractivity contribution is 7.88. The predicted molar refractivity (Wildman–Crippen MR) is 67.2 cm³/mol. The lowest BCUT2D eigenvalue weighted by atomic mass is 9.86. The molecule has 1 fully saturated rings. The summed E-state index contributed by atoms with van der Waals surface area (Å²) in [7, 11) is -3.12. The van der Waals surface area contributed by atoms with E-state index in [0.717, 1.165) is 12.7 Å². The highest BCUT2D eigenvalue weighted by atomic mass is 32.2. The van der Waals surface area contributed by atoms with Crippen molar-refractivity contribution in [2.75, 3.05) is 25.9 Å². The zero-order chi connectivity index (χ0) is 13.6. The molecule has 1 saturated carbocycles. The van der Waals surface area contributed by atoms with Gasteiger partial charge in [0.2, 0.25) is 15.9 Å². The van der Waals surface area contributed by atoms with Crippen LogP contribution in [0.1, 0.15) is 32.1 Å². The Morgan fingerprint density at radius 1 is 1.33 bits per heavy atom. The van der Waals surface area contributed by atoms with Gasteiger partial charge < -0.3 is 5.32 Å². The van der Waals surface area contributed by atoms with Crippen molar-refractivity contribution in [2.24, 2.45) is 5.92 Å². The molecule has 108 valence electrons. The van der Waals surface area contributed by atoms with E-state index in [9.17, 15) is 17.2 Å². The van der Waals surface area contributed by atoms with Crippen LogP contribution in [-0.4, -0.2) is 40.2 Å². The maximum absolute atomic E-state index is 13.1. The molecule has 0 amide bonds. The lowest BCUT2D eigenvalue weighted by Crippen LogP contribution is -2.33. The Morgan fingerprint density at radius 3 is 2.67 bits per heavy atom. The van der Waals surface area contributed by atoms with Gasteiger partial charge in [-0.25, -0.2) is 21.9 Å². The van der Waals surface area contributed by atoms with Gasteiger partial charge in [-0.3, -0.25) is 0 Å². The maximum atomic E-state index is 13.1. The Balaban J connectivity index is 2.04. The van der Waals surface area contributed by atoms with Gasteiger partial charge in [0, 0.05) is 19.4 Å². The van der Waals surface area contributed by atoms with Gasteiger partial charge in [-0.05, 0) is 38.3 Å². The van der Waals surface area contributed by atoms with Crippen LogP contribution in [0.15, 0.2) is 0 Å². The summed E-state index contributed by atoms with van der Waals surface area (Å²) in [5.74, 6) is -2.46. The van der Waals surface area contributed by atoms with Gasteiger partial charge in [0.1, 0.15) is 0 Å². The third-order valence-electron chi connectivity index (χ3n) is 3.07. The largest absolute Gasteiger partial charge is 0.316 e. The first-order valence-corrected chi connectivity index (χ1v) is 8.21. The summed E-state index contributed by atoms with van der Waals surface area (Å²) in [6, 6.07) is 0. The first-order valence-electron chi connectivity index (χ1n) is 6.32. The maximum Gasteiger partial charge on any atom is 0.248 e. The average molecular weight is 284 g/mol. The van der Waals surface area contributed by atoms with Gasteiger partial charge in [-0.15, -0.1) is 0 Å². The molecule has 1 aliphatic rings. The Hall–Kier alpha value is -0.270. The van der Waals surface area contributed by atoms with Crippen LogP contribution in [-0.2, 0) is 10.0 Å². The van der Waals surface area contributed by atoms with E-state index >= 15 is 0 Å². The molecule has 18 heavy (non-hydrogen) atoms. The molecular formula is C11H22F2N2O2S. The summed E-state index contributed by atoms with van der Waals surface area (Å²) < 4.78 is 50.1. The van der Waals surface area contributed by atoms with Crippen molar-refractivity contribution in [3.63, 3.8) is 0 Å². The molecule has 0 heterocycles. The molecule has 1 unspecified atom stereocenters. The summed E-state index contributed by atoms with van der Waals surface area (Å²) in [5, 5.41) is 3.11. The fourth-order valence-corrected chi connectivity index (χ4v) is 2.74. The Bertz CT molecular complexity index is 347. The molecular weight excluding hydrogens is 262 g/mol. The molecule has 0 bridgehead atoms. The van der Waals surface area contributed by atoms with E-state index in [0.29, 0.717) is 32.5 Å². The molecule has 0 saturated heterocycles. The fraction of sp³-hybridized carbons (Fsp3) is 1.00. The summed E-state index contributed by atoms with van der Waals surface area (Å²) in [4.78, 5) is 0. The Labute approximate surface area is 108 Å². The Kier molecular flexibility index (Phi) is 5.94. The van der Waals surface area contributed by atoms with Crippen molar-refractivity contribution >= 4 is 10.0 Å². The van der Waals surface area contributed by atoms with Gasteiger partial charge in [-0.2, -0.15) is 0 Å². The SMILES string of the molecule is CS(=O)(=O)NCCCNCC1CCCC(F)(F)C1. The summed E-state index contributed by atoms with van der Waals surface area (Å²) in [6.07, 6.45) is 3.21. The van der Waals surface area contributed by atoms with E-state index in [1.807, 2.05) is 0 Å². The van der Waals surface area contributed by atoms with Crippen LogP contribution in [0.25, 0.3) is 0 Å². The lowest BCUT2D eigenvalue weighted by Gasteiger charge is -2.29. The lowest BCUT2D eigenvalue weighted by molar-refractivity contribution is -0.0519. The summed E-state index contributed by atoms with van der Waals surface area (Å²) in [6.45, 7) is 1.62. The van der Waals surface area contributed by atoms with Gasteiger partial charge in [0.05, 0.1) is 6.26 Å². The number of hydrogen-bond donors (Lipinski definition) is 2. The Morgan fingerprint density at radius 2 is 2.06 bits per heavy atom. The second kappa shape index (κ2) is 6.77. The molecule has 0 aliphatic heterocycles. The zero-order valence-corrected chi connectivity index (χ0v) is 11.5. The minimum Gasteiger partial charge on any atom is -0.316 e. The first kappa shape index (κ1) is 15.8.